The molecule has 92 valence electrons. The number of anilines is 1. The van der Waals surface area contributed by atoms with Gasteiger partial charge in [-0.05, 0) is 24.1 Å². The van der Waals surface area contributed by atoms with E-state index < -0.39 is 12.0 Å². The molecule has 1 rings (SSSR count). The van der Waals surface area contributed by atoms with Gasteiger partial charge in [0.2, 0.25) is 0 Å². The summed E-state index contributed by atoms with van der Waals surface area (Å²) in [6.07, 6.45) is 0.245. The molecule has 0 saturated heterocycles. The molecule has 1 atom stereocenters. The third-order valence-corrected chi connectivity index (χ3v) is 2.43. The van der Waals surface area contributed by atoms with Gasteiger partial charge in [-0.1, -0.05) is 12.1 Å². The van der Waals surface area contributed by atoms with Gasteiger partial charge in [0, 0.05) is 12.7 Å². The van der Waals surface area contributed by atoms with Crippen LogP contribution in [0.15, 0.2) is 24.3 Å². The minimum Gasteiger partial charge on any atom is -0.480 e. The quantitative estimate of drug-likeness (QED) is 0.432. The predicted octanol–water partition coefficient (Wildman–Crippen LogP) is -0.0293. The molecule has 0 spiro atoms. The van der Waals surface area contributed by atoms with Gasteiger partial charge in [0.25, 0.3) is 0 Å². The van der Waals surface area contributed by atoms with Gasteiger partial charge in [-0.3, -0.25) is 10.2 Å². The van der Waals surface area contributed by atoms with E-state index in [0.717, 1.165) is 11.3 Å². The molecule has 0 heterocycles. The number of nitrogens with one attached hydrogen (secondary N) is 1. The average Bonchev–Trinajstić information content (AvgIpc) is 2.28. The van der Waals surface area contributed by atoms with Gasteiger partial charge in [-0.25, -0.2) is 0 Å². The molecule has 0 aliphatic heterocycles. The van der Waals surface area contributed by atoms with Crippen LogP contribution in [0.5, 0.6) is 0 Å². The molecule has 1 aromatic carbocycles. The summed E-state index contributed by atoms with van der Waals surface area (Å²) in [5, 5.41) is 16.0. The van der Waals surface area contributed by atoms with Crippen molar-refractivity contribution in [2.75, 3.05) is 11.9 Å². The van der Waals surface area contributed by atoms with Crippen LogP contribution in [0.25, 0.3) is 0 Å². The van der Waals surface area contributed by atoms with E-state index in [0.29, 0.717) is 0 Å². The summed E-state index contributed by atoms with van der Waals surface area (Å²) in [4.78, 5) is 12.1. The van der Waals surface area contributed by atoms with E-state index >= 15 is 0 Å². The zero-order chi connectivity index (χ0) is 13.0. The van der Waals surface area contributed by atoms with Crippen molar-refractivity contribution < 1.29 is 9.90 Å². The Balaban J connectivity index is 2.86. The topological polar surface area (TPSA) is 116 Å². The molecule has 6 nitrogen and oxygen atoms in total. The van der Waals surface area contributed by atoms with Gasteiger partial charge in [0.05, 0.1) is 0 Å². The molecule has 0 aliphatic rings. The number of aliphatic carboxylic acids is 1. The van der Waals surface area contributed by atoms with Crippen molar-refractivity contribution in [3.05, 3.63) is 29.8 Å². The summed E-state index contributed by atoms with van der Waals surface area (Å²) < 4.78 is 0. The van der Waals surface area contributed by atoms with E-state index in [2.05, 4.69) is 0 Å². The van der Waals surface area contributed by atoms with Crippen LogP contribution in [-0.4, -0.2) is 30.1 Å². The van der Waals surface area contributed by atoms with Gasteiger partial charge in [0.1, 0.15) is 6.04 Å². The number of hydrogen-bond donors (Lipinski definition) is 4. The second-order valence-electron chi connectivity index (χ2n) is 3.76. The highest BCUT2D eigenvalue weighted by Crippen LogP contribution is 2.15. The first-order valence-electron chi connectivity index (χ1n) is 5.07. The van der Waals surface area contributed by atoms with Gasteiger partial charge in [-0.15, -0.1) is 0 Å². The van der Waals surface area contributed by atoms with Crippen LogP contribution in [0.3, 0.4) is 0 Å². The maximum absolute atomic E-state index is 10.6. The Bertz CT molecular complexity index is 433. The van der Waals surface area contributed by atoms with E-state index in [1.165, 1.54) is 4.90 Å². The number of guanidine groups is 1. The fraction of sp³-hybridized carbons (Fsp3) is 0.273. The van der Waals surface area contributed by atoms with E-state index in [4.69, 9.17) is 22.0 Å². The molecule has 0 unspecified atom stereocenters. The maximum atomic E-state index is 10.6. The molecule has 6 heteroatoms. The highest BCUT2D eigenvalue weighted by Gasteiger charge is 2.13. The third kappa shape index (κ3) is 3.46. The van der Waals surface area contributed by atoms with Crippen LogP contribution >= 0.6 is 0 Å². The monoisotopic (exact) mass is 236 g/mol. The van der Waals surface area contributed by atoms with E-state index in [1.54, 1.807) is 31.3 Å². The van der Waals surface area contributed by atoms with E-state index in [9.17, 15) is 4.79 Å². The highest BCUT2D eigenvalue weighted by molar-refractivity contribution is 5.91. The van der Waals surface area contributed by atoms with Crippen molar-refractivity contribution in [2.45, 2.75) is 12.5 Å². The lowest BCUT2D eigenvalue weighted by Gasteiger charge is -2.17. The van der Waals surface area contributed by atoms with Gasteiger partial charge in [0.15, 0.2) is 5.96 Å². The standard InChI is InChI=1S/C11H16N4O2/c1-15(11(13)14)8-4-2-3-7(5-8)6-9(12)10(16)17/h2-5,9H,6,12H2,1H3,(H3,13,14)(H,16,17)/t9-/m0/s1. The van der Waals surface area contributed by atoms with E-state index in [-0.39, 0.29) is 12.4 Å². The van der Waals surface area contributed by atoms with Crippen molar-refractivity contribution in [2.24, 2.45) is 11.5 Å². The largest absolute Gasteiger partial charge is 0.480 e. The van der Waals surface area contributed by atoms with Crippen LogP contribution < -0.4 is 16.4 Å². The van der Waals surface area contributed by atoms with Crippen LogP contribution in [0.4, 0.5) is 5.69 Å². The Hall–Kier alpha value is -2.08. The van der Waals surface area contributed by atoms with Gasteiger partial charge in [-0.2, -0.15) is 0 Å². The molecule has 0 aromatic heterocycles. The molecule has 6 N–H and O–H groups in total. The number of carboxylic acids is 1. The molecule has 1 aromatic rings. The maximum Gasteiger partial charge on any atom is 0.320 e. The fourth-order valence-corrected chi connectivity index (χ4v) is 1.37. The Labute approximate surface area is 99.3 Å². The van der Waals surface area contributed by atoms with Crippen LogP contribution in [0.1, 0.15) is 5.56 Å². The summed E-state index contributed by atoms with van der Waals surface area (Å²) in [6, 6.07) is 6.20. The van der Waals surface area contributed by atoms with Gasteiger partial charge >= 0.3 is 5.97 Å². The number of carboxylic acid groups (broad SMARTS) is 1. The van der Waals surface area contributed by atoms with Crippen LogP contribution in [0.2, 0.25) is 0 Å². The van der Waals surface area contributed by atoms with Crippen molar-refractivity contribution in [3.63, 3.8) is 0 Å². The first-order valence-corrected chi connectivity index (χ1v) is 5.07. The summed E-state index contributed by atoms with van der Waals surface area (Å²) in [5.74, 6) is -1.11. The number of benzene rings is 1. The predicted molar refractivity (Wildman–Crippen MR) is 66.1 cm³/mol. The molecule has 0 amide bonds. The molecule has 0 bridgehead atoms. The molecular formula is C11H16N4O2. The summed E-state index contributed by atoms with van der Waals surface area (Å²) in [6.45, 7) is 0. The smallest absolute Gasteiger partial charge is 0.320 e. The second kappa shape index (κ2) is 5.31. The molecule has 17 heavy (non-hydrogen) atoms. The molecular weight excluding hydrogens is 220 g/mol. The summed E-state index contributed by atoms with van der Waals surface area (Å²) in [5.41, 5.74) is 12.3. The molecule has 0 fully saturated rings. The van der Waals surface area contributed by atoms with Crippen molar-refractivity contribution in [1.82, 2.24) is 0 Å². The van der Waals surface area contributed by atoms with Crippen molar-refractivity contribution in [1.29, 1.82) is 5.41 Å². The fourth-order valence-electron chi connectivity index (χ4n) is 1.37. The SMILES string of the molecule is CN(C(=N)N)c1cccc(C[C@H](N)C(=O)O)c1. The zero-order valence-corrected chi connectivity index (χ0v) is 9.55. The minimum absolute atomic E-state index is 0.0790. The first-order chi connectivity index (χ1) is 7.91. The zero-order valence-electron chi connectivity index (χ0n) is 9.55. The molecule has 0 saturated carbocycles. The Kier molecular flexibility index (Phi) is 4.06. The van der Waals surface area contributed by atoms with E-state index in [1.807, 2.05) is 0 Å². The first kappa shape index (κ1) is 13.0. The lowest BCUT2D eigenvalue weighted by Crippen LogP contribution is -2.33. The van der Waals surface area contributed by atoms with Crippen LogP contribution in [-0.2, 0) is 11.2 Å². The van der Waals surface area contributed by atoms with Crippen molar-refractivity contribution >= 4 is 17.6 Å². The van der Waals surface area contributed by atoms with Gasteiger partial charge < -0.3 is 21.5 Å². The van der Waals surface area contributed by atoms with Crippen molar-refractivity contribution in [3.8, 4) is 0 Å². The summed E-state index contributed by atoms with van der Waals surface area (Å²) >= 11 is 0. The number of rotatable bonds is 4. The number of hydrogen-bond acceptors (Lipinski definition) is 3. The Morgan fingerprint density at radius 2 is 2.24 bits per heavy atom. The second-order valence-corrected chi connectivity index (χ2v) is 3.76. The normalized spacial score (nSPS) is 11.9. The lowest BCUT2D eigenvalue weighted by molar-refractivity contribution is -0.138. The number of nitrogens with two attached hydrogens (primary N) is 2. The number of nitrogens with zero attached hydrogens (tertiary/aromatic N) is 1. The molecule has 0 aliphatic carbocycles. The molecule has 0 radical (unpaired) electrons. The lowest BCUT2D eigenvalue weighted by atomic mass is 10.1. The minimum atomic E-state index is -1.03. The van der Waals surface area contributed by atoms with Crippen LogP contribution in [0, 0.1) is 5.41 Å². The Morgan fingerprint density at radius 3 is 2.76 bits per heavy atom. The number of carbonyl (C=O) groups is 1. The third-order valence-electron chi connectivity index (χ3n) is 2.43. The summed E-state index contributed by atoms with van der Waals surface area (Å²) in [7, 11) is 1.67. The Morgan fingerprint density at radius 1 is 1.59 bits per heavy atom. The highest BCUT2D eigenvalue weighted by atomic mass is 16.4. The average molecular weight is 236 g/mol.